The Kier molecular flexibility index (Phi) is 5.67. The maximum absolute atomic E-state index is 13.9. The summed E-state index contributed by atoms with van der Waals surface area (Å²) >= 11 is 2.34. The number of nitrogens with one attached hydrogen (secondary N) is 3. The van der Waals surface area contributed by atoms with Crippen LogP contribution in [0.5, 0.6) is 0 Å². The van der Waals surface area contributed by atoms with Gasteiger partial charge in [0.15, 0.2) is 5.65 Å². The van der Waals surface area contributed by atoms with Crippen LogP contribution in [0, 0.1) is 9.39 Å². The van der Waals surface area contributed by atoms with Crippen LogP contribution in [0.4, 0.5) is 10.1 Å². The first kappa shape index (κ1) is 22.7. The molecule has 0 bridgehead atoms. The molecule has 6 nitrogen and oxygen atoms in total. The van der Waals surface area contributed by atoms with E-state index in [9.17, 15) is 4.39 Å². The number of anilines is 1. The van der Waals surface area contributed by atoms with Crippen molar-refractivity contribution in [2.24, 2.45) is 0 Å². The molecule has 0 aliphatic rings. The first-order valence-electron chi connectivity index (χ1n) is 11.6. The van der Waals surface area contributed by atoms with Crippen LogP contribution < -0.4 is 5.32 Å². The molecule has 2 aromatic carbocycles. The summed E-state index contributed by atoms with van der Waals surface area (Å²) in [6.07, 6.45) is 3.59. The van der Waals surface area contributed by atoms with Crippen molar-refractivity contribution in [2.45, 2.75) is 19.9 Å². The quantitative estimate of drug-likeness (QED) is 0.183. The number of nitrogens with zero attached hydrogens (tertiary/aromatic N) is 3. The van der Waals surface area contributed by atoms with Crippen LogP contribution in [0.15, 0.2) is 73.1 Å². The lowest BCUT2D eigenvalue weighted by Gasteiger charge is -2.12. The lowest BCUT2D eigenvalue weighted by atomic mass is 10.0. The van der Waals surface area contributed by atoms with Gasteiger partial charge in [-0.1, -0.05) is 12.1 Å². The Morgan fingerprint density at radius 2 is 1.78 bits per heavy atom. The van der Waals surface area contributed by atoms with Crippen LogP contribution in [0.2, 0.25) is 0 Å². The topological polar surface area (TPSA) is 82.3 Å². The van der Waals surface area contributed by atoms with E-state index >= 15 is 0 Å². The van der Waals surface area contributed by atoms with Crippen molar-refractivity contribution in [3.8, 4) is 33.8 Å². The van der Waals surface area contributed by atoms with Gasteiger partial charge in [-0.2, -0.15) is 5.10 Å². The fourth-order valence-electron chi connectivity index (χ4n) is 4.49. The number of halogens is 2. The van der Waals surface area contributed by atoms with E-state index in [4.69, 9.17) is 0 Å². The van der Waals surface area contributed by atoms with Crippen LogP contribution >= 0.6 is 22.6 Å². The van der Waals surface area contributed by atoms with Gasteiger partial charge in [-0.05, 0) is 90.5 Å². The number of rotatable bonds is 5. The van der Waals surface area contributed by atoms with E-state index in [1.54, 1.807) is 12.3 Å². The average Bonchev–Trinajstić information content (AvgIpc) is 3.46. The van der Waals surface area contributed by atoms with Crippen LogP contribution in [-0.4, -0.2) is 31.2 Å². The van der Waals surface area contributed by atoms with E-state index in [0.717, 1.165) is 59.3 Å². The molecule has 0 aliphatic heterocycles. The minimum atomic E-state index is -0.290. The van der Waals surface area contributed by atoms with Gasteiger partial charge in [-0.15, -0.1) is 0 Å². The summed E-state index contributed by atoms with van der Waals surface area (Å²) in [4.78, 5) is 12.6. The molecular weight excluding hydrogens is 566 g/mol. The van der Waals surface area contributed by atoms with Gasteiger partial charge in [0.2, 0.25) is 0 Å². The second kappa shape index (κ2) is 9.02. The molecule has 4 heterocycles. The van der Waals surface area contributed by atoms with E-state index < -0.39 is 0 Å². The monoisotopic (exact) mass is 588 g/mol. The summed E-state index contributed by atoms with van der Waals surface area (Å²) in [5.41, 5.74) is 7.84. The molecule has 0 atom stereocenters. The van der Waals surface area contributed by atoms with Crippen LogP contribution in [-0.2, 0) is 0 Å². The van der Waals surface area contributed by atoms with Gasteiger partial charge < -0.3 is 10.3 Å². The Hall–Kier alpha value is -3.79. The number of hydrogen-bond acceptors (Lipinski definition) is 4. The Morgan fingerprint density at radius 1 is 0.889 bits per heavy atom. The zero-order valence-electron chi connectivity index (χ0n) is 19.6. The highest BCUT2D eigenvalue weighted by Gasteiger charge is 2.16. The maximum Gasteiger partial charge on any atom is 0.155 e. The molecule has 0 amide bonds. The lowest BCUT2D eigenvalue weighted by Crippen LogP contribution is -2.09. The van der Waals surface area contributed by atoms with Gasteiger partial charge in [0.1, 0.15) is 11.5 Å². The number of pyridine rings is 2. The van der Waals surface area contributed by atoms with E-state index in [2.05, 4.69) is 91.2 Å². The number of H-pyrrole nitrogens is 2. The van der Waals surface area contributed by atoms with Crippen molar-refractivity contribution in [3.05, 3.63) is 82.4 Å². The molecule has 0 radical (unpaired) electrons. The minimum Gasteiger partial charge on any atom is -0.383 e. The number of aromatic nitrogens is 5. The first-order chi connectivity index (χ1) is 17.4. The van der Waals surface area contributed by atoms with Crippen molar-refractivity contribution in [1.29, 1.82) is 0 Å². The number of hydrogen-bond donors (Lipinski definition) is 3. The number of benzene rings is 2. The molecule has 36 heavy (non-hydrogen) atoms. The molecule has 6 aromatic rings. The van der Waals surface area contributed by atoms with E-state index in [-0.39, 0.29) is 5.82 Å². The molecule has 0 saturated heterocycles. The predicted molar refractivity (Wildman–Crippen MR) is 151 cm³/mol. The van der Waals surface area contributed by atoms with Gasteiger partial charge in [-0.25, -0.2) is 9.37 Å². The maximum atomic E-state index is 13.9. The summed E-state index contributed by atoms with van der Waals surface area (Å²) in [5, 5.41) is 12.9. The van der Waals surface area contributed by atoms with Gasteiger partial charge in [0.05, 0.1) is 11.4 Å². The SMILES string of the molecule is CC(C)Nc1cc(I)cc(-c2cnc3[nH]nc(-c4cc5c(-c6cccc(F)c6)nccc5[nH]4)c3c2)c1. The number of aromatic amines is 2. The van der Waals surface area contributed by atoms with Gasteiger partial charge in [0, 0.05) is 55.1 Å². The number of fused-ring (bicyclic) bond motifs is 2. The zero-order chi connectivity index (χ0) is 24.8. The molecule has 6 rings (SSSR count). The van der Waals surface area contributed by atoms with Crippen molar-refractivity contribution in [3.63, 3.8) is 0 Å². The van der Waals surface area contributed by atoms with E-state index in [1.165, 1.54) is 12.1 Å². The fraction of sp³-hybridized carbons (Fsp3) is 0.107. The van der Waals surface area contributed by atoms with E-state index in [0.29, 0.717) is 11.7 Å². The van der Waals surface area contributed by atoms with Crippen molar-refractivity contribution in [1.82, 2.24) is 25.1 Å². The largest absolute Gasteiger partial charge is 0.383 e. The van der Waals surface area contributed by atoms with Crippen molar-refractivity contribution >= 4 is 50.2 Å². The van der Waals surface area contributed by atoms with Gasteiger partial charge in [0.25, 0.3) is 0 Å². The van der Waals surface area contributed by atoms with E-state index in [1.807, 2.05) is 24.4 Å². The Labute approximate surface area is 220 Å². The molecule has 0 unspecified atom stereocenters. The van der Waals surface area contributed by atoms with Crippen LogP contribution in [0.1, 0.15) is 13.8 Å². The molecule has 0 aliphatic carbocycles. The molecular formula is C28H22FIN6. The van der Waals surface area contributed by atoms with Gasteiger partial charge in [-0.3, -0.25) is 10.1 Å². The lowest BCUT2D eigenvalue weighted by molar-refractivity contribution is 0.628. The minimum absolute atomic E-state index is 0.290. The molecule has 0 saturated carbocycles. The van der Waals surface area contributed by atoms with Crippen LogP contribution in [0.3, 0.4) is 0 Å². The van der Waals surface area contributed by atoms with Crippen LogP contribution in [0.25, 0.3) is 55.7 Å². The summed E-state index contributed by atoms with van der Waals surface area (Å²) in [6, 6.07) is 19.3. The Morgan fingerprint density at radius 3 is 2.61 bits per heavy atom. The summed E-state index contributed by atoms with van der Waals surface area (Å²) in [7, 11) is 0. The molecule has 178 valence electrons. The third kappa shape index (κ3) is 4.21. The third-order valence-electron chi connectivity index (χ3n) is 6.00. The Bertz CT molecular complexity index is 1740. The zero-order valence-corrected chi connectivity index (χ0v) is 21.8. The summed E-state index contributed by atoms with van der Waals surface area (Å²) < 4.78 is 15.0. The molecule has 4 aromatic heterocycles. The predicted octanol–water partition coefficient (Wildman–Crippen LogP) is 7.40. The third-order valence-corrected chi connectivity index (χ3v) is 6.63. The normalized spacial score (nSPS) is 11.6. The smallest absolute Gasteiger partial charge is 0.155 e. The highest BCUT2D eigenvalue weighted by Crippen LogP contribution is 2.34. The summed E-state index contributed by atoms with van der Waals surface area (Å²) in [5.74, 6) is -0.290. The van der Waals surface area contributed by atoms with Crippen molar-refractivity contribution < 1.29 is 4.39 Å². The second-order valence-electron chi connectivity index (χ2n) is 9.03. The second-order valence-corrected chi connectivity index (χ2v) is 10.3. The average molecular weight is 588 g/mol. The molecule has 3 N–H and O–H groups in total. The highest BCUT2D eigenvalue weighted by molar-refractivity contribution is 14.1. The summed E-state index contributed by atoms with van der Waals surface area (Å²) in [6.45, 7) is 4.25. The Balaban J connectivity index is 1.46. The standard InChI is InChI=1S/C28H22FIN6/c1-15(2)33-21-10-17(9-20(30)12-21)18-11-23-27(35-36-28(23)32-14-18)25-13-22-24(34-25)6-7-31-26(22)16-4-3-5-19(29)8-16/h3-15,33-34H,1-2H3,(H,32,35,36). The first-order valence-corrected chi connectivity index (χ1v) is 12.7. The highest BCUT2D eigenvalue weighted by atomic mass is 127. The fourth-order valence-corrected chi connectivity index (χ4v) is 5.16. The van der Waals surface area contributed by atoms with Gasteiger partial charge >= 0.3 is 0 Å². The molecule has 8 heteroatoms. The molecule has 0 fully saturated rings. The molecule has 0 spiro atoms. The van der Waals surface area contributed by atoms with Crippen molar-refractivity contribution in [2.75, 3.05) is 5.32 Å².